The van der Waals surface area contributed by atoms with Gasteiger partial charge in [-0.1, -0.05) is 0 Å². The van der Waals surface area contributed by atoms with E-state index >= 15 is 0 Å². The van der Waals surface area contributed by atoms with Gasteiger partial charge in [-0.2, -0.15) is 4.31 Å². The fraction of sp³-hybridized carbons (Fsp3) is 0.417. The van der Waals surface area contributed by atoms with Gasteiger partial charge in [0.15, 0.2) is 0 Å². The van der Waals surface area contributed by atoms with Crippen LogP contribution in [0.5, 0.6) is 0 Å². The van der Waals surface area contributed by atoms with Crippen molar-refractivity contribution in [2.75, 3.05) is 19.7 Å². The molecule has 1 unspecified atom stereocenters. The first-order valence-corrected chi connectivity index (χ1v) is 8.52. The van der Waals surface area contributed by atoms with Gasteiger partial charge in [0.25, 0.3) is 0 Å². The molecule has 1 aromatic rings. The smallest absolute Gasteiger partial charge is 0.336 e. The van der Waals surface area contributed by atoms with Gasteiger partial charge in [0, 0.05) is 23.3 Å². The van der Waals surface area contributed by atoms with Crippen molar-refractivity contribution >= 4 is 38.6 Å². The number of benzene rings is 1. The van der Waals surface area contributed by atoms with Gasteiger partial charge in [0.1, 0.15) is 0 Å². The summed E-state index contributed by atoms with van der Waals surface area (Å²) in [5.74, 6) is -1.20. The Hall–Kier alpha value is -0.710. The molecular formula is C12H14INO5S. The highest BCUT2D eigenvalue weighted by Crippen LogP contribution is 2.26. The van der Waals surface area contributed by atoms with Crippen LogP contribution in [0.2, 0.25) is 0 Å². The Morgan fingerprint density at radius 2 is 2.15 bits per heavy atom. The van der Waals surface area contributed by atoms with E-state index in [0.717, 1.165) is 0 Å². The van der Waals surface area contributed by atoms with E-state index in [-0.39, 0.29) is 29.5 Å². The molecule has 6 nitrogen and oxygen atoms in total. The van der Waals surface area contributed by atoms with Gasteiger partial charge in [-0.15, -0.1) is 0 Å². The first-order valence-electron chi connectivity index (χ1n) is 6.00. The van der Waals surface area contributed by atoms with E-state index in [2.05, 4.69) is 0 Å². The lowest BCUT2D eigenvalue weighted by molar-refractivity contribution is 0.0695. The van der Waals surface area contributed by atoms with E-state index < -0.39 is 16.0 Å². The molecule has 1 aliphatic rings. The van der Waals surface area contributed by atoms with Crippen LogP contribution in [0.3, 0.4) is 0 Å². The lowest BCUT2D eigenvalue weighted by Crippen LogP contribution is -2.29. The van der Waals surface area contributed by atoms with Crippen LogP contribution in [-0.4, -0.2) is 48.6 Å². The van der Waals surface area contributed by atoms with Gasteiger partial charge in [-0.25, -0.2) is 13.2 Å². The summed E-state index contributed by atoms with van der Waals surface area (Å²) in [5.41, 5.74) is -0.0235. The summed E-state index contributed by atoms with van der Waals surface area (Å²) in [4.78, 5) is 11.1. The Balaban J connectivity index is 2.35. The van der Waals surface area contributed by atoms with Crippen LogP contribution < -0.4 is 0 Å². The average molecular weight is 411 g/mol. The SMILES string of the molecule is O=C(O)c1cc(S(=O)(=O)N2CCC(CO)C2)ccc1I. The van der Waals surface area contributed by atoms with Crippen LogP contribution in [0.4, 0.5) is 0 Å². The van der Waals surface area contributed by atoms with E-state index in [9.17, 15) is 13.2 Å². The molecule has 0 aromatic heterocycles. The minimum Gasteiger partial charge on any atom is -0.478 e. The maximum atomic E-state index is 12.4. The van der Waals surface area contributed by atoms with E-state index in [1.54, 1.807) is 0 Å². The van der Waals surface area contributed by atoms with Crippen LogP contribution in [-0.2, 0) is 10.0 Å². The average Bonchev–Trinajstić information content (AvgIpc) is 2.88. The first-order chi connectivity index (χ1) is 9.36. The Morgan fingerprint density at radius 3 is 2.70 bits per heavy atom. The second-order valence-corrected chi connectivity index (χ2v) is 7.75. The summed E-state index contributed by atoms with van der Waals surface area (Å²) in [6.45, 7) is 0.578. The zero-order valence-electron chi connectivity index (χ0n) is 10.5. The molecule has 2 rings (SSSR count). The lowest BCUT2D eigenvalue weighted by Gasteiger charge is -2.16. The number of rotatable bonds is 4. The molecule has 0 radical (unpaired) electrons. The Morgan fingerprint density at radius 1 is 1.45 bits per heavy atom. The molecular weight excluding hydrogens is 397 g/mol. The quantitative estimate of drug-likeness (QED) is 0.721. The predicted octanol–water partition coefficient (Wildman–Crippen LogP) is 0.992. The van der Waals surface area contributed by atoms with Crippen molar-refractivity contribution in [3.05, 3.63) is 27.3 Å². The number of carboxylic acid groups (broad SMARTS) is 1. The molecule has 20 heavy (non-hydrogen) atoms. The number of aliphatic hydroxyl groups excluding tert-OH is 1. The normalized spacial score (nSPS) is 20.2. The zero-order chi connectivity index (χ0) is 14.9. The van der Waals surface area contributed by atoms with Crippen LogP contribution in [0, 0.1) is 9.49 Å². The van der Waals surface area contributed by atoms with Gasteiger partial charge in [-0.3, -0.25) is 0 Å². The molecule has 8 heteroatoms. The Bertz CT molecular complexity index is 631. The maximum absolute atomic E-state index is 12.4. The van der Waals surface area contributed by atoms with Crippen LogP contribution in [0.15, 0.2) is 23.1 Å². The molecule has 1 atom stereocenters. The number of aliphatic hydroxyl groups is 1. The van der Waals surface area contributed by atoms with Crippen molar-refractivity contribution in [2.24, 2.45) is 5.92 Å². The third kappa shape index (κ3) is 2.97. The number of sulfonamides is 1. The highest BCUT2D eigenvalue weighted by Gasteiger charge is 2.32. The lowest BCUT2D eigenvalue weighted by atomic mass is 10.1. The summed E-state index contributed by atoms with van der Waals surface area (Å²) in [5, 5.41) is 18.1. The van der Waals surface area contributed by atoms with Crippen LogP contribution in [0.1, 0.15) is 16.8 Å². The van der Waals surface area contributed by atoms with Gasteiger partial charge in [0.05, 0.1) is 10.5 Å². The van der Waals surface area contributed by atoms with Gasteiger partial charge in [-0.05, 0) is 53.1 Å². The molecule has 2 N–H and O–H groups in total. The van der Waals surface area contributed by atoms with Crippen LogP contribution >= 0.6 is 22.6 Å². The maximum Gasteiger partial charge on any atom is 0.336 e. The molecule has 110 valence electrons. The van der Waals surface area contributed by atoms with Crippen LogP contribution in [0.25, 0.3) is 0 Å². The largest absolute Gasteiger partial charge is 0.478 e. The number of nitrogens with zero attached hydrogens (tertiary/aromatic N) is 1. The fourth-order valence-electron chi connectivity index (χ4n) is 2.14. The molecule has 1 aromatic carbocycles. The summed E-state index contributed by atoms with van der Waals surface area (Å²) in [6.07, 6.45) is 0.617. The number of aromatic carboxylic acids is 1. The van der Waals surface area contributed by atoms with Gasteiger partial charge in [0.2, 0.25) is 10.0 Å². The topological polar surface area (TPSA) is 94.9 Å². The van der Waals surface area contributed by atoms with E-state index in [0.29, 0.717) is 16.5 Å². The minimum absolute atomic E-state index is 0.0195. The van der Waals surface area contributed by atoms with Crippen molar-refractivity contribution in [2.45, 2.75) is 11.3 Å². The first kappa shape index (κ1) is 15.7. The third-order valence-electron chi connectivity index (χ3n) is 3.31. The predicted molar refractivity (Wildman–Crippen MR) is 80.1 cm³/mol. The summed E-state index contributed by atoms with van der Waals surface area (Å²) >= 11 is 1.86. The number of carbonyl (C=O) groups is 1. The number of halogens is 1. The van der Waals surface area contributed by atoms with E-state index in [1.165, 1.54) is 22.5 Å². The molecule has 0 saturated carbocycles. The Kier molecular flexibility index (Phi) is 4.67. The highest BCUT2D eigenvalue weighted by molar-refractivity contribution is 14.1. The van der Waals surface area contributed by atoms with Crippen molar-refractivity contribution in [1.29, 1.82) is 0 Å². The number of hydrogen-bond donors (Lipinski definition) is 2. The minimum atomic E-state index is -3.70. The number of carboxylic acids is 1. The fourth-order valence-corrected chi connectivity index (χ4v) is 4.27. The molecule has 0 aliphatic carbocycles. The van der Waals surface area contributed by atoms with Crippen molar-refractivity contribution in [1.82, 2.24) is 4.31 Å². The van der Waals surface area contributed by atoms with Crippen molar-refractivity contribution in [3.8, 4) is 0 Å². The molecule has 1 fully saturated rings. The monoisotopic (exact) mass is 411 g/mol. The van der Waals surface area contributed by atoms with E-state index in [1.807, 2.05) is 22.6 Å². The molecule has 1 heterocycles. The van der Waals surface area contributed by atoms with Crippen molar-refractivity contribution in [3.63, 3.8) is 0 Å². The molecule has 0 amide bonds. The zero-order valence-corrected chi connectivity index (χ0v) is 13.5. The number of hydrogen-bond acceptors (Lipinski definition) is 4. The Labute approximate surface area is 130 Å². The molecule has 1 saturated heterocycles. The van der Waals surface area contributed by atoms with E-state index in [4.69, 9.17) is 10.2 Å². The molecule has 0 spiro atoms. The van der Waals surface area contributed by atoms with Gasteiger partial charge >= 0.3 is 5.97 Å². The van der Waals surface area contributed by atoms with Crippen molar-refractivity contribution < 1.29 is 23.4 Å². The third-order valence-corrected chi connectivity index (χ3v) is 6.11. The molecule has 1 aliphatic heterocycles. The highest BCUT2D eigenvalue weighted by atomic mass is 127. The molecule has 0 bridgehead atoms. The standard InChI is InChI=1S/C12H14INO5S/c13-11-2-1-9(5-10(11)12(16)17)20(18,19)14-4-3-8(6-14)7-15/h1-2,5,8,15H,3-4,6-7H2,(H,16,17). The second kappa shape index (κ2) is 5.96. The summed E-state index contributed by atoms with van der Waals surface area (Å²) in [7, 11) is -3.70. The summed E-state index contributed by atoms with van der Waals surface area (Å²) < 4.78 is 26.6. The summed E-state index contributed by atoms with van der Waals surface area (Å²) in [6, 6.07) is 4.08. The van der Waals surface area contributed by atoms with Gasteiger partial charge < -0.3 is 10.2 Å². The second-order valence-electron chi connectivity index (χ2n) is 4.65.